The highest BCUT2D eigenvalue weighted by atomic mass is 32.2. The summed E-state index contributed by atoms with van der Waals surface area (Å²) in [4.78, 5) is 0. The van der Waals surface area contributed by atoms with Gasteiger partial charge in [0, 0.05) is 22.3 Å². The Morgan fingerprint density at radius 3 is 1.72 bits per heavy atom. The Labute approximate surface area is 114 Å². The molecule has 2 rings (SSSR count). The van der Waals surface area contributed by atoms with Gasteiger partial charge in [-0.2, -0.15) is 0 Å². The van der Waals surface area contributed by atoms with Crippen LogP contribution in [0.2, 0.25) is 0 Å². The van der Waals surface area contributed by atoms with Crippen LogP contribution in [0.5, 0.6) is 0 Å². The zero-order valence-electron chi connectivity index (χ0n) is 11.4. The van der Waals surface area contributed by atoms with Gasteiger partial charge in [-0.15, -0.1) is 0 Å². The molecule has 2 atom stereocenters. The maximum atomic E-state index is 12.0. The molecule has 0 saturated heterocycles. The molecule has 0 aliphatic heterocycles. The first-order chi connectivity index (χ1) is 8.84. The highest BCUT2D eigenvalue weighted by molar-refractivity contribution is 7.84. The summed E-state index contributed by atoms with van der Waals surface area (Å²) in [6, 6.07) is 0. The van der Waals surface area contributed by atoms with Gasteiger partial charge < -0.3 is 0 Å². The van der Waals surface area contributed by atoms with E-state index in [1.165, 1.54) is 51.4 Å². The van der Waals surface area contributed by atoms with Gasteiger partial charge in [-0.25, -0.2) is 0 Å². The molecule has 2 unspecified atom stereocenters. The molecule has 0 aromatic carbocycles. The molecule has 102 valence electrons. The molecule has 0 fully saturated rings. The van der Waals surface area contributed by atoms with Gasteiger partial charge in [0.1, 0.15) is 0 Å². The standard InChI is InChI=1S/C16H26OS/c17-18(13-11-15-7-3-1-4-8-15)14-12-16-9-5-2-6-10-16/h1-3,5,15-16H,4,6-14H2. The van der Waals surface area contributed by atoms with E-state index in [9.17, 15) is 4.21 Å². The Morgan fingerprint density at radius 2 is 1.33 bits per heavy atom. The lowest BCUT2D eigenvalue weighted by molar-refractivity contribution is 0.460. The van der Waals surface area contributed by atoms with Crippen molar-refractivity contribution >= 4 is 10.8 Å². The highest BCUT2D eigenvalue weighted by Crippen LogP contribution is 2.23. The largest absolute Gasteiger partial charge is 0.260 e. The predicted octanol–water partition coefficient (Wildman–Crippen LogP) is 4.23. The van der Waals surface area contributed by atoms with Crippen LogP contribution in [-0.4, -0.2) is 15.7 Å². The van der Waals surface area contributed by atoms with Gasteiger partial charge in [0.05, 0.1) is 0 Å². The van der Waals surface area contributed by atoms with Crippen LogP contribution in [0.25, 0.3) is 0 Å². The molecule has 0 saturated carbocycles. The number of rotatable bonds is 6. The van der Waals surface area contributed by atoms with Crippen LogP contribution < -0.4 is 0 Å². The third kappa shape index (κ3) is 5.09. The van der Waals surface area contributed by atoms with Crippen LogP contribution in [0.15, 0.2) is 24.3 Å². The Kier molecular flexibility index (Phi) is 6.19. The molecule has 0 aromatic rings. The lowest BCUT2D eigenvalue weighted by Gasteiger charge is -2.19. The first kappa shape index (κ1) is 14.0. The Bertz CT molecular complexity index is 289. The maximum Gasteiger partial charge on any atom is 0.0237 e. The topological polar surface area (TPSA) is 17.1 Å². The van der Waals surface area contributed by atoms with E-state index in [1.807, 2.05) is 0 Å². The third-order valence-electron chi connectivity index (χ3n) is 4.26. The number of hydrogen-bond acceptors (Lipinski definition) is 1. The smallest absolute Gasteiger partial charge is 0.0237 e. The van der Waals surface area contributed by atoms with E-state index in [2.05, 4.69) is 24.3 Å². The van der Waals surface area contributed by atoms with Crippen LogP contribution in [0.4, 0.5) is 0 Å². The van der Waals surface area contributed by atoms with Gasteiger partial charge >= 0.3 is 0 Å². The molecule has 2 aliphatic rings. The summed E-state index contributed by atoms with van der Waals surface area (Å²) in [6.45, 7) is 0. The van der Waals surface area contributed by atoms with Crippen molar-refractivity contribution in [1.82, 2.24) is 0 Å². The maximum absolute atomic E-state index is 12.0. The average Bonchev–Trinajstić information content (AvgIpc) is 2.45. The molecule has 0 radical (unpaired) electrons. The van der Waals surface area contributed by atoms with Gasteiger partial charge in [0.25, 0.3) is 0 Å². The zero-order chi connectivity index (χ0) is 12.6. The second kappa shape index (κ2) is 7.93. The van der Waals surface area contributed by atoms with Gasteiger partial charge in [-0.1, -0.05) is 24.3 Å². The van der Waals surface area contributed by atoms with E-state index in [1.54, 1.807) is 0 Å². The summed E-state index contributed by atoms with van der Waals surface area (Å²) in [5.41, 5.74) is 0. The minimum Gasteiger partial charge on any atom is -0.260 e. The molecule has 2 heteroatoms. The van der Waals surface area contributed by atoms with Gasteiger partial charge in [0.15, 0.2) is 0 Å². The highest BCUT2D eigenvalue weighted by Gasteiger charge is 2.14. The zero-order valence-corrected chi connectivity index (χ0v) is 12.2. The molecule has 2 aliphatic carbocycles. The first-order valence-electron chi connectivity index (χ1n) is 7.49. The van der Waals surface area contributed by atoms with Gasteiger partial charge in [-0.05, 0) is 63.2 Å². The summed E-state index contributed by atoms with van der Waals surface area (Å²) in [5, 5.41) is 0. The quantitative estimate of drug-likeness (QED) is 0.658. The predicted molar refractivity (Wildman–Crippen MR) is 80.1 cm³/mol. The van der Waals surface area contributed by atoms with Crippen LogP contribution in [-0.2, 0) is 10.8 Å². The summed E-state index contributed by atoms with van der Waals surface area (Å²) in [7, 11) is -0.572. The second-order valence-corrected chi connectivity index (χ2v) is 7.42. The monoisotopic (exact) mass is 266 g/mol. The van der Waals surface area contributed by atoms with E-state index in [0.29, 0.717) is 0 Å². The van der Waals surface area contributed by atoms with E-state index in [0.717, 1.165) is 23.3 Å². The van der Waals surface area contributed by atoms with Gasteiger partial charge in [-0.3, -0.25) is 4.21 Å². The van der Waals surface area contributed by atoms with E-state index in [4.69, 9.17) is 0 Å². The van der Waals surface area contributed by atoms with Crippen molar-refractivity contribution in [3.8, 4) is 0 Å². The summed E-state index contributed by atoms with van der Waals surface area (Å²) in [5.74, 6) is 3.47. The molecule has 0 heterocycles. The van der Waals surface area contributed by atoms with E-state index in [-0.39, 0.29) is 0 Å². The van der Waals surface area contributed by atoms with Crippen LogP contribution in [0.1, 0.15) is 51.4 Å². The van der Waals surface area contributed by atoms with E-state index >= 15 is 0 Å². The Hall–Kier alpha value is -0.370. The molecule has 0 aromatic heterocycles. The van der Waals surface area contributed by atoms with Crippen molar-refractivity contribution in [3.63, 3.8) is 0 Å². The fraction of sp³-hybridized carbons (Fsp3) is 0.750. The third-order valence-corrected chi connectivity index (χ3v) is 5.64. The molecule has 18 heavy (non-hydrogen) atoms. The fourth-order valence-electron chi connectivity index (χ4n) is 2.94. The summed E-state index contributed by atoms with van der Waals surface area (Å²) < 4.78 is 12.0. The lowest BCUT2D eigenvalue weighted by Crippen LogP contribution is -2.13. The van der Waals surface area contributed by atoms with Crippen molar-refractivity contribution < 1.29 is 4.21 Å². The van der Waals surface area contributed by atoms with Crippen molar-refractivity contribution in [1.29, 1.82) is 0 Å². The Morgan fingerprint density at radius 1 is 0.833 bits per heavy atom. The minimum atomic E-state index is -0.572. The summed E-state index contributed by atoms with van der Waals surface area (Å²) in [6.07, 6.45) is 19.0. The summed E-state index contributed by atoms with van der Waals surface area (Å²) >= 11 is 0. The molecule has 0 N–H and O–H groups in total. The molecule has 0 spiro atoms. The molecule has 0 amide bonds. The van der Waals surface area contributed by atoms with Crippen LogP contribution in [0, 0.1) is 11.8 Å². The van der Waals surface area contributed by atoms with Gasteiger partial charge in [0.2, 0.25) is 0 Å². The normalized spacial score (nSPS) is 29.3. The molecule has 0 bridgehead atoms. The van der Waals surface area contributed by atoms with Crippen molar-refractivity contribution in [2.24, 2.45) is 11.8 Å². The lowest BCUT2D eigenvalue weighted by atomic mass is 9.92. The molecular formula is C16H26OS. The Balaban J connectivity index is 1.57. The van der Waals surface area contributed by atoms with E-state index < -0.39 is 10.8 Å². The first-order valence-corrected chi connectivity index (χ1v) is 8.98. The SMILES string of the molecule is O=S(CCC1CC=CCC1)CCC1CC=CCC1. The average molecular weight is 266 g/mol. The number of allylic oxidation sites excluding steroid dienone is 4. The van der Waals surface area contributed by atoms with Crippen LogP contribution in [0.3, 0.4) is 0 Å². The molecule has 1 nitrogen and oxygen atoms in total. The van der Waals surface area contributed by atoms with Crippen molar-refractivity contribution in [2.75, 3.05) is 11.5 Å². The molecular weight excluding hydrogens is 240 g/mol. The van der Waals surface area contributed by atoms with Crippen molar-refractivity contribution in [3.05, 3.63) is 24.3 Å². The fourth-order valence-corrected chi connectivity index (χ4v) is 4.33. The van der Waals surface area contributed by atoms with Crippen LogP contribution >= 0.6 is 0 Å². The minimum absolute atomic E-state index is 0.572. The second-order valence-electron chi connectivity index (χ2n) is 5.73. The number of hydrogen-bond donors (Lipinski definition) is 0. The van der Waals surface area contributed by atoms with Crippen molar-refractivity contribution in [2.45, 2.75) is 51.4 Å².